The molecule has 1 saturated heterocycles. The maximum absolute atomic E-state index is 12.9. The summed E-state index contributed by atoms with van der Waals surface area (Å²) in [7, 11) is 0. The highest BCUT2D eigenvalue weighted by Crippen LogP contribution is 2.16. The average Bonchev–Trinajstić information content (AvgIpc) is 2.70. The van der Waals surface area contributed by atoms with Crippen LogP contribution < -0.4 is 11.0 Å². The van der Waals surface area contributed by atoms with E-state index in [-0.39, 0.29) is 17.2 Å². The van der Waals surface area contributed by atoms with Crippen molar-refractivity contribution in [2.24, 2.45) is 0 Å². The van der Waals surface area contributed by atoms with E-state index in [0.717, 1.165) is 25.9 Å². The summed E-state index contributed by atoms with van der Waals surface area (Å²) in [6.07, 6.45) is 3.32. The van der Waals surface area contributed by atoms with Crippen molar-refractivity contribution in [1.29, 1.82) is 0 Å². The van der Waals surface area contributed by atoms with Crippen LogP contribution in [0.3, 0.4) is 0 Å². The lowest BCUT2D eigenvalue weighted by atomic mass is 10.1. The van der Waals surface area contributed by atoms with Crippen molar-refractivity contribution in [3.05, 3.63) is 70.6 Å². The number of hydrazine groups is 1. The second-order valence-electron chi connectivity index (χ2n) is 6.44. The standard InChI is InChI=1S/C20H20N4O2/c25-19(22-23-13-7-2-8-14-23)18-16-11-5-6-12-17(16)20(26)24(21-18)15-9-3-1-4-10-15/h1,3-6,9-12H,2,7-8,13-14H2,(H,22,25). The summed E-state index contributed by atoms with van der Waals surface area (Å²) in [6.45, 7) is 1.67. The van der Waals surface area contributed by atoms with Crippen LogP contribution >= 0.6 is 0 Å². The lowest BCUT2D eigenvalue weighted by Crippen LogP contribution is -2.45. The molecule has 1 aliphatic rings. The van der Waals surface area contributed by atoms with Gasteiger partial charge >= 0.3 is 0 Å². The smallest absolute Gasteiger partial charge is 0.283 e. The highest BCUT2D eigenvalue weighted by molar-refractivity contribution is 6.04. The highest BCUT2D eigenvalue weighted by Gasteiger charge is 2.20. The maximum atomic E-state index is 12.9. The minimum atomic E-state index is -0.284. The molecular weight excluding hydrogens is 328 g/mol. The molecule has 6 heteroatoms. The zero-order chi connectivity index (χ0) is 17.9. The van der Waals surface area contributed by atoms with E-state index in [0.29, 0.717) is 16.5 Å². The summed E-state index contributed by atoms with van der Waals surface area (Å²) >= 11 is 0. The van der Waals surface area contributed by atoms with Gasteiger partial charge in [-0.1, -0.05) is 42.8 Å². The maximum Gasteiger partial charge on any atom is 0.286 e. The molecule has 6 nitrogen and oxygen atoms in total. The lowest BCUT2D eigenvalue weighted by molar-refractivity contribution is 0.0745. The number of piperidine rings is 1. The Morgan fingerprint density at radius 2 is 1.54 bits per heavy atom. The Kier molecular flexibility index (Phi) is 4.50. The molecule has 0 radical (unpaired) electrons. The van der Waals surface area contributed by atoms with Gasteiger partial charge in [-0.3, -0.25) is 15.0 Å². The fourth-order valence-electron chi connectivity index (χ4n) is 3.30. The van der Waals surface area contributed by atoms with E-state index in [1.807, 2.05) is 29.3 Å². The second kappa shape index (κ2) is 7.09. The topological polar surface area (TPSA) is 67.2 Å². The van der Waals surface area contributed by atoms with Gasteiger partial charge in [-0.25, -0.2) is 5.01 Å². The van der Waals surface area contributed by atoms with Crippen LogP contribution in [-0.2, 0) is 0 Å². The number of aromatic nitrogens is 2. The summed E-state index contributed by atoms with van der Waals surface area (Å²) in [5.74, 6) is -0.284. The zero-order valence-corrected chi connectivity index (χ0v) is 14.4. The number of carbonyl (C=O) groups excluding carboxylic acids is 1. The number of nitrogens with one attached hydrogen (secondary N) is 1. The minimum Gasteiger partial charge on any atom is -0.283 e. The van der Waals surface area contributed by atoms with E-state index < -0.39 is 0 Å². The molecule has 2 aromatic carbocycles. The molecule has 1 aliphatic heterocycles. The third-order valence-electron chi connectivity index (χ3n) is 4.64. The van der Waals surface area contributed by atoms with Crippen LogP contribution in [0.5, 0.6) is 0 Å². The Morgan fingerprint density at radius 1 is 0.885 bits per heavy atom. The van der Waals surface area contributed by atoms with Crippen molar-refractivity contribution < 1.29 is 4.79 Å². The molecule has 3 aromatic rings. The first-order valence-electron chi connectivity index (χ1n) is 8.87. The molecule has 0 atom stereocenters. The molecule has 1 amide bonds. The Morgan fingerprint density at radius 3 is 2.27 bits per heavy atom. The molecule has 132 valence electrons. The number of para-hydroxylation sites is 1. The number of benzene rings is 2. The molecule has 0 bridgehead atoms. The normalized spacial score (nSPS) is 15.1. The summed E-state index contributed by atoms with van der Waals surface area (Å²) in [5, 5.41) is 7.38. The van der Waals surface area contributed by atoms with Gasteiger partial charge in [-0.2, -0.15) is 9.78 Å². The van der Waals surface area contributed by atoms with E-state index >= 15 is 0 Å². The predicted molar refractivity (Wildman–Crippen MR) is 100 cm³/mol. The average molecular weight is 348 g/mol. The van der Waals surface area contributed by atoms with Crippen molar-refractivity contribution in [3.63, 3.8) is 0 Å². The van der Waals surface area contributed by atoms with Crippen LogP contribution in [0.15, 0.2) is 59.4 Å². The van der Waals surface area contributed by atoms with Crippen LogP contribution in [0.2, 0.25) is 0 Å². The molecule has 0 spiro atoms. The monoisotopic (exact) mass is 348 g/mol. The highest BCUT2D eigenvalue weighted by atomic mass is 16.2. The fraction of sp³-hybridized carbons (Fsp3) is 0.250. The van der Waals surface area contributed by atoms with Gasteiger partial charge in [0.15, 0.2) is 5.69 Å². The van der Waals surface area contributed by atoms with Crippen LogP contribution in [0.25, 0.3) is 16.5 Å². The van der Waals surface area contributed by atoms with Crippen LogP contribution in [0, 0.1) is 0 Å². The van der Waals surface area contributed by atoms with Crippen LogP contribution in [-0.4, -0.2) is 33.8 Å². The van der Waals surface area contributed by atoms with Crippen LogP contribution in [0.1, 0.15) is 29.8 Å². The number of carbonyl (C=O) groups is 1. The quantitative estimate of drug-likeness (QED) is 0.790. The van der Waals surface area contributed by atoms with E-state index in [9.17, 15) is 9.59 Å². The third-order valence-corrected chi connectivity index (χ3v) is 4.64. The van der Waals surface area contributed by atoms with E-state index in [2.05, 4.69) is 10.5 Å². The molecule has 0 aliphatic carbocycles. The summed E-state index contributed by atoms with van der Waals surface area (Å²) in [6, 6.07) is 16.3. The Labute approximate surface area is 151 Å². The van der Waals surface area contributed by atoms with Gasteiger partial charge in [0.05, 0.1) is 11.1 Å². The van der Waals surface area contributed by atoms with E-state index in [4.69, 9.17) is 0 Å². The summed E-state index contributed by atoms with van der Waals surface area (Å²) in [5.41, 5.74) is 3.60. The molecular formula is C20H20N4O2. The van der Waals surface area contributed by atoms with Gasteiger partial charge in [-0.15, -0.1) is 0 Å². The number of hydrogen-bond donors (Lipinski definition) is 1. The Balaban J connectivity index is 1.81. The first-order chi connectivity index (χ1) is 12.7. The minimum absolute atomic E-state index is 0.235. The van der Waals surface area contributed by atoms with Gasteiger partial charge in [0, 0.05) is 18.5 Å². The number of rotatable bonds is 3. The summed E-state index contributed by atoms with van der Waals surface area (Å²) in [4.78, 5) is 25.7. The van der Waals surface area contributed by atoms with E-state index in [1.165, 1.54) is 11.1 Å². The molecule has 1 N–H and O–H groups in total. The van der Waals surface area contributed by atoms with Crippen molar-refractivity contribution in [2.75, 3.05) is 13.1 Å². The molecule has 2 heterocycles. The predicted octanol–water partition coefficient (Wildman–Crippen LogP) is 2.52. The Hall–Kier alpha value is -2.99. The third kappa shape index (κ3) is 3.11. The number of nitrogens with zero attached hydrogens (tertiary/aromatic N) is 3. The number of fused-ring (bicyclic) bond motifs is 1. The van der Waals surface area contributed by atoms with Crippen molar-refractivity contribution in [3.8, 4) is 5.69 Å². The van der Waals surface area contributed by atoms with Crippen molar-refractivity contribution >= 4 is 16.7 Å². The van der Waals surface area contributed by atoms with E-state index in [1.54, 1.807) is 30.3 Å². The first-order valence-corrected chi connectivity index (χ1v) is 8.87. The molecule has 4 rings (SSSR count). The summed E-state index contributed by atoms with van der Waals surface area (Å²) < 4.78 is 1.30. The molecule has 1 aromatic heterocycles. The van der Waals surface area contributed by atoms with Crippen molar-refractivity contribution in [1.82, 2.24) is 20.2 Å². The molecule has 0 saturated carbocycles. The Bertz CT molecular complexity index is 992. The van der Waals surface area contributed by atoms with Gasteiger partial charge in [0.1, 0.15) is 0 Å². The molecule has 0 unspecified atom stereocenters. The molecule has 26 heavy (non-hydrogen) atoms. The largest absolute Gasteiger partial charge is 0.286 e. The SMILES string of the molecule is O=C(NN1CCCCC1)c1nn(-c2ccccc2)c(=O)c2ccccc12. The zero-order valence-electron chi connectivity index (χ0n) is 14.4. The fourth-order valence-corrected chi connectivity index (χ4v) is 3.30. The van der Waals surface area contributed by atoms with Gasteiger partial charge < -0.3 is 0 Å². The second-order valence-corrected chi connectivity index (χ2v) is 6.44. The number of amides is 1. The van der Waals surface area contributed by atoms with Crippen molar-refractivity contribution in [2.45, 2.75) is 19.3 Å². The van der Waals surface area contributed by atoms with Gasteiger partial charge in [0.2, 0.25) is 0 Å². The van der Waals surface area contributed by atoms with Gasteiger partial charge in [-0.05, 0) is 31.0 Å². The number of hydrogen-bond acceptors (Lipinski definition) is 4. The van der Waals surface area contributed by atoms with Crippen LogP contribution in [0.4, 0.5) is 0 Å². The lowest BCUT2D eigenvalue weighted by Gasteiger charge is -2.26. The van der Waals surface area contributed by atoms with Gasteiger partial charge in [0.25, 0.3) is 11.5 Å². The molecule has 1 fully saturated rings. The first kappa shape index (κ1) is 16.5.